The number of carbonyl (C=O) groups excluding carboxylic acids is 1. The standard InChI is InChI=1S/C22H20N2O4/c1-27-15-6-4-5-14(13-15)18-10-9-17(21(25)23-18)22(26)24-19-11-12-28-20-8-3-2-7-16(19)20/h2-10,13,19H,11-12H2,1H3,(H,23,25)(H,24,26). The smallest absolute Gasteiger partial charge is 0.261 e. The molecule has 0 fully saturated rings. The van der Waals surface area contributed by atoms with Gasteiger partial charge in [0.1, 0.15) is 17.1 Å². The van der Waals surface area contributed by atoms with E-state index in [0.29, 0.717) is 24.5 Å². The van der Waals surface area contributed by atoms with Crippen molar-refractivity contribution < 1.29 is 14.3 Å². The number of hydrogen-bond acceptors (Lipinski definition) is 4. The number of rotatable bonds is 4. The van der Waals surface area contributed by atoms with Gasteiger partial charge in [-0.1, -0.05) is 30.3 Å². The largest absolute Gasteiger partial charge is 0.497 e. The minimum atomic E-state index is -0.432. The molecule has 2 aromatic carbocycles. The van der Waals surface area contributed by atoms with Gasteiger partial charge in [-0.3, -0.25) is 9.59 Å². The molecule has 28 heavy (non-hydrogen) atoms. The van der Waals surface area contributed by atoms with Crippen LogP contribution >= 0.6 is 0 Å². The van der Waals surface area contributed by atoms with Gasteiger partial charge < -0.3 is 19.8 Å². The van der Waals surface area contributed by atoms with E-state index in [9.17, 15) is 9.59 Å². The lowest BCUT2D eigenvalue weighted by atomic mass is 10.00. The molecule has 4 rings (SSSR count). The summed E-state index contributed by atoms with van der Waals surface area (Å²) in [6.45, 7) is 0.521. The van der Waals surface area contributed by atoms with Crippen LogP contribution in [-0.4, -0.2) is 24.6 Å². The van der Waals surface area contributed by atoms with Crippen molar-refractivity contribution in [1.82, 2.24) is 10.3 Å². The van der Waals surface area contributed by atoms with Crippen molar-refractivity contribution in [2.45, 2.75) is 12.5 Å². The Kier molecular flexibility index (Phi) is 4.85. The summed E-state index contributed by atoms with van der Waals surface area (Å²) in [4.78, 5) is 28.0. The van der Waals surface area contributed by atoms with E-state index >= 15 is 0 Å². The van der Waals surface area contributed by atoms with E-state index in [1.165, 1.54) is 0 Å². The van der Waals surface area contributed by atoms with E-state index < -0.39 is 11.5 Å². The summed E-state index contributed by atoms with van der Waals surface area (Å²) in [5.41, 5.74) is 2.00. The number of H-pyrrole nitrogens is 1. The lowest BCUT2D eigenvalue weighted by Gasteiger charge is -2.26. The molecule has 1 aliphatic heterocycles. The third-order valence-corrected chi connectivity index (χ3v) is 4.80. The number of aromatic nitrogens is 1. The number of hydrogen-bond donors (Lipinski definition) is 2. The van der Waals surface area contributed by atoms with Gasteiger partial charge in [-0.05, 0) is 30.3 Å². The second-order valence-electron chi connectivity index (χ2n) is 6.55. The normalized spacial score (nSPS) is 15.2. The molecule has 0 saturated heterocycles. The first-order chi connectivity index (χ1) is 13.7. The predicted octanol–water partition coefficient (Wildman–Crippen LogP) is 3.30. The number of ether oxygens (including phenoxy) is 2. The van der Waals surface area contributed by atoms with E-state index in [0.717, 1.165) is 16.9 Å². The van der Waals surface area contributed by atoms with E-state index in [1.54, 1.807) is 19.2 Å². The number of benzene rings is 2. The number of aromatic amines is 1. The van der Waals surface area contributed by atoms with Crippen molar-refractivity contribution in [2.24, 2.45) is 0 Å². The Labute approximate surface area is 162 Å². The summed E-state index contributed by atoms with van der Waals surface area (Å²) in [7, 11) is 1.59. The molecule has 0 saturated carbocycles. The molecule has 0 spiro atoms. The Morgan fingerprint density at radius 3 is 2.82 bits per heavy atom. The maximum atomic E-state index is 12.7. The third kappa shape index (κ3) is 3.49. The minimum absolute atomic E-state index is 0.0793. The molecule has 142 valence electrons. The van der Waals surface area contributed by atoms with E-state index in [4.69, 9.17) is 9.47 Å². The van der Waals surface area contributed by atoms with Gasteiger partial charge in [0.25, 0.3) is 11.5 Å². The van der Waals surface area contributed by atoms with Gasteiger partial charge >= 0.3 is 0 Å². The van der Waals surface area contributed by atoms with Crippen LogP contribution in [-0.2, 0) is 0 Å². The Balaban J connectivity index is 1.57. The molecule has 6 heteroatoms. The van der Waals surface area contributed by atoms with Crippen LogP contribution in [0.25, 0.3) is 11.3 Å². The van der Waals surface area contributed by atoms with Crippen LogP contribution in [0.15, 0.2) is 65.5 Å². The van der Waals surface area contributed by atoms with Gasteiger partial charge in [-0.2, -0.15) is 0 Å². The molecule has 2 N–H and O–H groups in total. The molecule has 1 unspecified atom stereocenters. The summed E-state index contributed by atoms with van der Waals surface area (Å²) >= 11 is 0. The second-order valence-corrected chi connectivity index (χ2v) is 6.55. The minimum Gasteiger partial charge on any atom is -0.497 e. The molecule has 1 aliphatic rings. The lowest BCUT2D eigenvalue weighted by molar-refractivity contribution is 0.0923. The lowest BCUT2D eigenvalue weighted by Crippen LogP contribution is -2.35. The second kappa shape index (κ2) is 7.60. The number of fused-ring (bicyclic) bond motifs is 1. The average molecular weight is 376 g/mol. The Hall–Kier alpha value is -3.54. The zero-order valence-electron chi connectivity index (χ0n) is 15.4. The molecule has 2 heterocycles. The van der Waals surface area contributed by atoms with Gasteiger partial charge in [0, 0.05) is 23.2 Å². The topological polar surface area (TPSA) is 80.4 Å². The first-order valence-electron chi connectivity index (χ1n) is 9.06. The highest BCUT2D eigenvalue weighted by atomic mass is 16.5. The molecular formula is C22H20N2O4. The molecule has 0 bridgehead atoms. The number of amides is 1. The Morgan fingerprint density at radius 2 is 2.00 bits per heavy atom. The van der Waals surface area contributed by atoms with Crippen molar-refractivity contribution in [3.8, 4) is 22.8 Å². The van der Waals surface area contributed by atoms with Crippen LogP contribution in [0.3, 0.4) is 0 Å². The summed E-state index contributed by atoms with van der Waals surface area (Å²) in [6.07, 6.45) is 0.655. The number of pyridine rings is 1. The zero-order valence-corrected chi connectivity index (χ0v) is 15.4. The van der Waals surface area contributed by atoms with Crippen LogP contribution < -0.4 is 20.3 Å². The van der Waals surface area contributed by atoms with Crippen LogP contribution in [0.4, 0.5) is 0 Å². The molecule has 0 radical (unpaired) electrons. The number of methoxy groups -OCH3 is 1. The molecule has 6 nitrogen and oxygen atoms in total. The molecule has 1 atom stereocenters. The van der Waals surface area contributed by atoms with Crippen LogP contribution in [0.1, 0.15) is 28.4 Å². The first-order valence-corrected chi connectivity index (χ1v) is 9.06. The average Bonchev–Trinajstić information content (AvgIpc) is 2.74. The SMILES string of the molecule is COc1cccc(-c2ccc(C(=O)NC3CCOc4ccccc43)c(=O)[nH]2)c1. The molecule has 1 amide bonds. The Morgan fingerprint density at radius 1 is 1.14 bits per heavy atom. The van der Waals surface area contributed by atoms with Crippen LogP contribution in [0, 0.1) is 0 Å². The van der Waals surface area contributed by atoms with Crippen molar-refractivity contribution >= 4 is 5.91 Å². The van der Waals surface area contributed by atoms with Gasteiger partial charge in [0.15, 0.2) is 0 Å². The highest BCUT2D eigenvalue weighted by molar-refractivity contribution is 5.94. The van der Waals surface area contributed by atoms with Gasteiger partial charge in [-0.15, -0.1) is 0 Å². The van der Waals surface area contributed by atoms with E-state index in [1.807, 2.05) is 48.5 Å². The summed E-state index contributed by atoms with van der Waals surface area (Å²) < 4.78 is 10.8. The first kappa shape index (κ1) is 17.9. The number of nitrogens with one attached hydrogen (secondary N) is 2. The fourth-order valence-electron chi connectivity index (χ4n) is 3.34. The van der Waals surface area contributed by atoms with Gasteiger partial charge in [0.05, 0.1) is 19.8 Å². The van der Waals surface area contributed by atoms with E-state index in [-0.39, 0.29) is 11.6 Å². The fraction of sp³-hybridized carbons (Fsp3) is 0.182. The summed E-state index contributed by atoms with van der Waals surface area (Å²) in [6, 6.07) is 18.1. The van der Waals surface area contributed by atoms with Crippen molar-refractivity contribution in [3.63, 3.8) is 0 Å². The van der Waals surface area contributed by atoms with E-state index in [2.05, 4.69) is 10.3 Å². The number of carbonyl (C=O) groups is 1. The van der Waals surface area contributed by atoms with Crippen molar-refractivity contribution in [1.29, 1.82) is 0 Å². The van der Waals surface area contributed by atoms with Gasteiger partial charge in [-0.25, -0.2) is 0 Å². The van der Waals surface area contributed by atoms with Gasteiger partial charge in [0.2, 0.25) is 0 Å². The monoisotopic (exact) mass is 376 g/mol. The number of para-hydroxylation sites is 1. The fourth-order valence-corrected chi connectivity index (χ4v) is 3.34. The highest BCUT2D eigenvalue weighted by Crippen LogP contribution is 2.31. The van der Waals surface area contributed by atoms with Crippen LogP contribution in [0.5, 0.6) is 11.5 Å². The highest BCUT2D eigenvalue weighted by Gasteiger charge is 2.24. The molecular weight excluding hydrogens is 356 g/mol. The van der Waals surface area contributed by atoms with Crippen molar-refractivity contribution in [2.75, 3.05) is 13.7 Å². The third-order valence-electron chi connectivity index (χ3n) is 4.80. The molecule has 3 aromatic rings. The summed E-state index contributed by atoms with van der Waals surface area (Å²) in [5.74, 6) is 1.06. The maximum Gasteiger partial charge on any atom is 0.261 e. The predicted molar refractivity (Wildman–Crippen MR) is 106 cm³/mol. The Bertz CT molecular complexity index is 1070. The summed E-state index contributed by atoms with van der Waals surface area (Å²) in [5, 5.41) is 2.95. The van der Waals surface area contributed by atoms with Crippen molar-refractivity contribution in [3.05, 3.63) is 82.1 Å². The van der Waals surface area contributed by atoms with Crippen LogP contribution in [0.2, 0.25) is 0 Å². The molecule has 1 aromatic heterocycles. The molecule has 0 aliphatic carbocycles. The quantitative estimate of drug-likeness (QED) is 0.732. The maximum absolute atomic E-state index is 12.7. The zero-order chi connectivity index (χ0) is 19.5.